The fraction of sp³-hybridized carbons (Fsp3) is 0.118. The van der Waals surface area contributed by atoms with Crippen molar-refractivity contribution in [1.29, 1.82) is 0 Å². The van der Waals surface area contributed by atoms with E-state index >= 15 is 0 Å². The minimum absolute atomic E-state index is 0.198. The molecule has 1 aromatic heterocycles. The van der Waals surface area contributed by atoms with Crippen molar-refractivity contribution in [3.8, 4) is 11.1 Å². The van der Waals surface area contributed by atoms with Crippen LogP contribution in [0.1, 0.15) is 11.1 Å². The minimum atomic E-state index is -0.198. The average molecular weight is 392 g/mol. The largest absolute Gasteiger partial charge is 0.268 e. The molecule has 4 heteroatoms. The maximum absolute atomic E-state index is 13.1. The van der Waals surface area contributed by atoms with E-state index in [2.05, 4.69) is 45.9 Å². The Bertz CT molecular complexity index is 780. The third kappa shape index (κ3) is 3.32. The van der Waals surface area contributed by atoms with Gasteiger partial charge in [-0.1, -0.05) is 18.2 Å². The van der Waals surface area contributed by atoms with Gasteiger partial charge in [-0.15, -0.1) is 0 Å². The Morgan fingerprint density at radius 1 is 1.14 bits per heavy atom. The van der Waals surface area contributed by atoms with Gasteiger partial charge in [-0.3, -0.25) is 4.68 Å². The summed E-state index contributed by atoms with van der Waals surface area (Å²) in [7, 11) is 0. The molecule has 0 spiro atoms. The van der Waals surface area contributed by atoms with Crippen LogP contribution in [-0.2, 0) is 6.54 Å². The van der Waals surface area contributed by atoms with E-state index < -0.39 is 0 Å². The van der Waals surface area contributed by atoms with Gasteiger partial charge in [0.2, 0.25) is 0 Å². The highest BCUT2D eigenvalue weighted by atomic mass is 127. The first-order valence-electron chi connectivity index (χ1n) is 6.65. The molecule has 0 aliphatic heterocycles. The summed E-state index contributed by atoms with van der Waals surface area (Å²) >= 11 is 2.30. The SMILES string of the molecule is Cc1cc(F)ccc1Cn1cc(-c2cccc(I)c2)cn1. The smallest absolute Gasteiger partial charge is 0.123 e. The Kier molecular flexibility index (Phi) is 4.05. The van der Waals surface area contributed by atoms with Gasteiger partial charge in [0.05, 0.1) is 12.7 Å². The Balaban J connectivity index is 1.85. The van der Waals surface area contributed by atoms with E-state index in [0.717, 1.165) is 22.3 Å². The number of benzene rings is 2. The summed E-state index contributed by atoms with van der Waals surface area (Å²) in [5, 5.41) is 4.40. The van der Waals surface area contributed by atoms with E-state index in [9.17, 15) is 4.39 Å². The van der Waals surface area contributed by atoms with E-state index in [0.29, 0.717) is 6.54 Å². The number of halogens is 2. The summed E-state index contributed by atoms with van der Waals surface area (Å²) in [4.78, 5) is 0. The Morgan fingerprint density at radius 3 is 2.76 bits per heavy atom. The van der Waals surface area contributed by atoms with Crippen LogP contribution < -0.4 is 0 Å². The standard InChI is InChI=1S/C17H14FIN2/c1-12-7-16(18)6-5-14(12)10-21-11-15(9-20-21)13-3-2-4-17(19)8-13/h2-9,11H,10H2,1H3. The summed E-state index contributed by atoms with van der Waals surface area (Å²) in [5.41, 5.74) is 4.27. The molecule has 0 saturated carbocycles. The van der Waals surface area contributed by atoms with Gasteiger partial charge in [0.25, 0.3) is 0 Å². The molecule has 0 aliphatic carbocycles. The van der Waals surface area contributed by atoms with Crippen molar-refractivity contribution in [2.24, 2.45) is 0 Å². The van der Waals surface area contributed by atoms with Gasteiger partial charge in [-0.25, -0.2) is 4.39 Å². The predicted molar refractivity (Wildman–Crippen MR) is 90.6 cm³/mol. The maximum Gasteiger partial charge on any atom is 0.123 e. The van der Waals surface area contributed by atoms with Crippen molar-refractivity contribution in [3.05, 3.63) is 75.4 Å². The number of aromatic nitrogens is 2. The van der Waals surface area contributed by atoms with E-state index in [-0.39, 0.29) is 5.82 Å². The van der Waals surface area contributed by atoms with Crippen LogP contribution in [0, 0.1) is 16.3 Å². The fourth-order valence-electron chi connectivity index (χ4n) is 2.28. The molecule has 21 heavy (non-hydrogen) atoms. The quantitative estimate of drug-likeness (QED) is 0.594. The van der Waals surface area contributed by atoms with E-state index in [4.69, 9.17) is 0 Å². The van der Waals surface area contributed by atoms with Crippen LogP contribution in [0.5, 0.6) is 0 Å². The van der Waals surface area contributed by atoms with Crippen LogP contribution >= 0.6 is 22.6 Å². The van der Waals surface area contributed by atoms with E-state index in [1.165, 1.54) is 9.64 Å². The molecule has 0 atom stereocenters. The molecule has 3 rings (SSSR count). The lowest BCUT2D eigenvalue weighted by Crippen LogP contribution is -2.02. The highest BCUT2D eigenvalue weighted by Crippen LogP contribution is 2.21. The minimum Gasteiger partial charge on any atom is -0.268 e. The Morgan fingerprint density at radius 2 is 2.00 bits per heavy atom. The van der Waals surface area contributed by atoms with Crippen LogP contribution in [0.4, 0.5) is 4.39 Å². The first kappa shape index (κ1) is 14.3. The second-order valence-corrected chi connectivity index (χ2v) is 6.25. The third-order valence-corrected chi connectivity index (χ3v) is 4.10. The van der Waals surface area contributed by atoms with Crippen LogP contribution in [-0.4, -0.2) is 9.78 Å². The summed E-state index contributed by atoms with van der Waals surface area (Å²) in [5.74, 6) is -0.198. The fourth-order valence-corrected chi connectivity index (χ4v) is 2.82. The number of hydrogen-bond acceptors (Lipinski definition) is 1. The molecule has 0 unspecified atom stereocenters. The van der Waals surface area contributed by atoms with Crippen molar-refractivity contribution in [1.82, 2.24) is 9.78 Å². The van der Waals surface area contributed by atoms with Crippen molar-refractivity contribution in [2.45, 2.75) is 13.5 Å². The summed E-state index contributed by atoms with van der Waals surface area (Å²) in [6.45, 7) is 2.57. The summed E-state index contributed by atoms with van der Waals surface area (Å²) < 4.78 is 16.2. The summed E-state index contributed by atoms with van der Waals surface area (Å²) in [6, 6.07) is 13.2. The van der Waals surface area contributed by atoms with Crippen molar-refractivity contribution < 1.29 is 4.39 Å². The lowest BCUT2D eigenvalue weighted by atomic mass is 10.1. The highest BCUT2D eigenvalue weighted by Gasteiger charge is 2.05. The second kappa shape index (κ2) is 5.97. The molecule has 0 aliphatic rings. The molecule has 0 bridgehead atoms. The molecule has 2 aromatic carbocycles. The number of aryl methyl sites for hydroxylation is 1. The number of hydrogen-bond donors (Lipinski definition) is 0. The first-order valence-corrected chi connectivity index (χ1v) is 7.73. The molecule has 0 amide bonds. The molecule has 106 valence electrons. The monoisotopic (exact) mass is 392 g/mol. The van der Waals surface area contributed by atoms with Gasteiger partial charge in [-0.05, 0) is 70.5 Å². The van der Waals surface area contributed by atoms with Gasteiger partial charge in [0.1, 0.15) is 5.82 Å². The van der Waals surface area contributed by atoms with Gasteiger partial charge in [-0.2, -0.15) is 5.10 Å². The normalized spacial score (nSPS) is 10.8. The molecular formula is C17H14FIN2. The molecule has 1 heterocycles. The third-order valence-electron chi connectivity index (χ3n) is 3.43. The van der Waals surface area contributed by atoms with Crippen LogP contribution in [0.25, 0.3) is 11.1 Å². The molecule has 2 nitrogen and oxygen atoms in total. The zero-order chi connectivity index (χ0) is 14.8. The Hall–Kier alpha value is -1.69. The van der Waals surface area contributed by atoms with Crippen molar-refractivity contribution in [3.63, 3.8) is 0 Å². The van der Waals surface area contributed by atoms with Gasteiger partial charge in [0.15, 0.2) is 0 Å². The average Bonchev–Trinajstić information content (AvgIpc) is 2.91. The first-order chi connectivity index (χ1) is 10.1. The molecule has 0 fully saturated rings. The lowest BCUT2D eigenvalue weighted by Gasteiger charge is -2.06. The molecule has 0 saturated heterocycles. The highest BCUT2D eigenvalue weighted by molar-refractivity contribution is 14.1. The van der Waals surface area contributed by atoms with Crippen LogP contribution in [0.15, 0.2) is 54.9 Å². The van der Waals surface area contributed by atoms with Gasteiger partial charge in [0, 0.05) is 15.3 Å². The summed E-state index contributed by atoms with van der Waals surface area (Å²) in [6.07, 6.45) is 3.89. The molecule has 0 radical (unpaired) electrons. The Labute approximate surface area is 136 Å². The number of rotatable bonds is 3. The molecular weight excluding hydrogens is 378 g/mol. The zero-order valence-corrected chi connectivity index (χ0v) is 13.7. The van der Waals surface area contributed by atoms with E-state index in [1.54, 1.807) is 6.07 Å². The van der Waals surface area contributed by atoms with Gasteiger partial charge >= 0.3 is 0 Å². The van der Waals surface area contributed by atoms with Gasteiger partial charge < -0.3 is 0 Å². The van der Waals surface area contributed by atoms with Crippen LogP contribution in [0.2, 0.25) is 0 Å². The lowest BCUT2D eigenvalue weighted by molar-refractivity contribution is 0.622. The predicted octanol–water partition coefficient (Wildman–Crippen LogP) is 4.65. The van der Waals surface area contributed by atoms with Crippen molar-refractivity contribution >= 4 is 22.6 Å². The van der Waals surface area contributed by atoms with E-state index in [1.807, 2.05) is 36.1 Å². The molecule has 0 N–H and O–H groups in total. The molecule has 3 aromatic rings. The topological polar surface area (TPSA) is 17.8 Å². The van der Waals surface area contributed by atoms with Crippen molar-refractivity contribution in [2.75, 3.05) is 0 Å². The number of nitrogens with zero attached hydrogens (tertiary/aromatic N) is 2. The zero-order valence-electron chi connectivity index (χ0n) is 11.6. The second-order valence-electron chi connectivity index (χ2n) is 5.01. The maximum atomic E-state index is 13.1. The van der Waals surface area contributed by atoms with Crippen LogP contribution in [0.3, 0.4) is 0 Å².